The van der Waals surface area contributed by atoms with Gasteiger partial charge in [-0.15, -0.1) is 0 Å². The lowest BCUT2D eigenvalue weighted by atomic mass is 9.96. The fraction of sp³-hybridized carbons (Fsp3) is 0.917. The van der Waals surface area contributed by atoms with Crippen LogP contribution in [0.15, 0.2) is 4.99 Å². The van der Waals surface area contributed by atoms with Gasteiger partial charge < -0.3 is 5.32 Å². The van der Waals surface area contributed by atoms with Gasteiger partial charge in [0.1, 0.15) is 0 Å². The molecule has 1 heterocycles. The van der Waals surface area contributed by atoms with Gasteiger partial charge in [0.05, 0.1) is 6.04 Å². The fourth-order valence-corrected chi connectivity index (χ4v) is 3.39. The minimum atomic E-state index is 0.498. The molecule has 1 aliphatic heterocycles. The van der Waals surface area contributed by atoms with Crippen molar-refractivity contribution >= 4 is 16.9 Å². The first-order valence-corrected chi connectivity index (χ1v) is 7.21. The Kier molecular flexibility index (Phi) is 3.95. The van der Waals surface area contributed by atoms with E-state index in [-0.39, 0.29) is 0 Å². The molecule has 0 aromatic rings. The molecule has 0 saturated heterocycles. The minimum Gasteiger partial charge on any atom is -0.362 e. The number of hydrogen-bond donors (Lipinski definition) is 1. The van der Waals surface area contributed by atoms with Gasteiger partial charge in [-0.2, -0.15) is 0 Å². The van der Waals surface area contributed by atoms with Crippen molar-refractivity contribution in [1.82, 2.24) is 5.32 Å². The number of aliphatic imine (C=N–C) groups is 1. The van der Waals surface area contributed by atoms with Gasteiger partial charge in [0.2, 0.25) is 0 Å². The average Bonchev–Trinajstić information content (AvgIpc) is 2.25. The van der Waals surface area contributed by atoms with E-state index in [1.54, 1.807) is 0 Å². The second-order valence-electron chi connectivity index (χ2n) is 4.94. The lowest BCUT2D eigenvalue weighted by molar-refractivity contribution is 0.413. The van der Waals surface area contributed by atoms with Crippen molar-refractivity contribution in [1.29, 1.82) is 0 Å². The van der Waals surface area contributed by atoms with Gasteiger partial charge in [0.15, 0.2) is 5.17 Å². The van der Waals surface area contributed by atoms with E-state index in [4.69, 9.17) is 4.99 Å². The van der Waals surface area contributed by atoms with Crippen molar-refractivity contribution < 1.29 is 0 Å². The summed E-state index contributed by atoms with van der Waals surface area (Å²) in [6.07, 6.45) is 6.88. The number of rotatable bonds is 1. The lowest BCUT2D eigenvalue weighted by Gasteiger charge is -2.28. The first kappa shape index (κ1) is 11.3. The van der Waals surface area contributed by atoms with E-state index >= 15 is 0 Å². The molecule has 0 amide bonds. The van der Waals surface area contributed by atoms with Crippen LogP contribution in [0.4, 0.5) is 0 Å². The van der Waals surface area contributed by atoms with Gasteiger partial charge in [-0.3, -0.25) is 4.99 Å². The number of nitrogens with zero attached hydrogens (tertiary/aromatic N) is 1. The van der Waals surface area contributed by atoms with Crippen LogP contribution >= 0.6 is 11.8 Å². The molecule has 2 unspecified atom stereocenters. The van der Waals surface area contributed by atoms with E-state index in [2.05, 4.69) is 19.2 Å². The van der Waals surface area contributed by atoms with Crippen LogP contribution in [0.3, 0.4) is 0 Å². The second-order valence-corrected chi connectivity index (χ2v) is 5.95. The summed E-state index contributed by atoms with van der Waals surface area (Å²) < 4.78 is 0. The molecule has 1 aliphatic carbocycles. The molecule has 0 radical (unpaired) electrons. The molecule has 2 atom stereocenters. The maximum atomic E-state index is 4.73. The molecular formula is C12H22N2S. The molecule has 1 N–H and O–H groups in total. The van der Waals surface area contributed by atoms with Crippen LogP contribution in [0.1, 0.15) is 46.0 Å². The highest BCUT2D eigenvalue weighted by Crippen LogP contribution is 2.24. The molecule has 0 spiro atoms. The molecule has 1 fully saturated rings. The van der Waals surface area contributed by atoms with Crippen molar-refractivity contribution in [2.45, 2.75) is 58.0 Å². The Morgan fingerprint density at radius 3 is 2.60 bits per heavy atom. The maximum absolute atomic E-state index is 4.73. The molecule has 0 aromatic heterocycles. The Bertz CT molecular complexity index is 234. The number of thioether (sulfide) groups is 1. The zero-order valence-corrected chi connectivity index (χ0v) is 10.6. The van der Waals surface area contributed by atoms with Gasteiger partial charge in [-0.05, 0) is 25.7 Å². The summed E-state index contributed by atoms with van der Waals surface area (Å²) in [7, 11) is 0. The molecule has 0 aromatic carbocycles. The van der Waals surface area contributed by atoms with E-state index in [1.807, 2.05) is 11.8 Å². The average molecular weight is 226 g/mol. The Morgan fingerprint density at radius 2 is 1.93 bits per heavy atom. The first-order chi connectivity index (χ1) is 7.25. The summed E-state index contributed by atoms with van der Waals surface area (Å²) in [5.74, 6) is 1.95. The zero-order chi connectivity index (χ0) is 10.7. The molecule has 86 valence electrons. The van der Waals surface area contributed by atoms with E-state index in [0.717, 1.165) is 5.92 Å². The third kappa shape index (κ3) is 3.13. The normalized spacial score (nSPS) is 33.6. The van der Waals surface area contributed by atoms with Crippen molar-refractivity contribution in [3.8, 4) is 0 Å². The van der Waals surface area contributed by atoms with Crippen LogP contribution in [-0.2, 0) is 0 Å². The van der Waals surface area contributed by atoms with Crippen molar-refractivity contribution in [2.24, 2.45) is 10.9 Å². The van der Waals surface area contributed by atoms with Crippen LogP contribution in [0.2, 0.25) is 0 Å². The SMILES string of the molecule is CC1CSC(NC2CCCCC2)=NC1C. The van der Waals surface area contributed by atoms with E-state index in [1.165, 1.54) is 43.0 Å². The van der Waals surface area contributed by atoms with Gasteiger partial charge in [-0.25, -0.2) is 0 Å². The molecular weight excluding hydrogens is 204 g/mol. The van der Waals surface area contributed by atoms with Gasteiger partial charge in [-0.1, -0.05) is 37.9 Å². The molecule has 2 nitrogen and oxygen atoms in total. The first-order valence-electron chi connectivity index (χ1n) is 6.23. The van der Waals surface area contributed by atoms with Crippen molar-refractivity contribution in [3.05, 3.63) is 0 Å². The quantitative estimate of drug-likeness (QED) is 0.743. The predicted octanol–water partition coefficient (Wildman–Crippen LogP) is 3.04. The molecule has 3 heteroatoms. The second kappa shape index (κ2) is 5.24. The number of hydrogen-bond acceptors (Lipinski definition) is 3. The van der Waals surface area contributed by atoms with Crippen LogP contribution in [0.25, 0.3) is 0 Å². The summed E-state index contributed by atoms with van der Waals surface area (Å²) in [4.78, 5) is 4.73. The number of amidine groups is 1. The Morgan fingerprint density at radius 1 is 1.20 bits per heavy atom. The summed E-state index contributed by atoms with van der Waals surface area (Å²) in [5, 5.41) is 4.82. The van der Waals surface area contributed by atoms with Gasteiger partial charge in [0, 0.05) is 11.8 Å². The zero-order valence-electron chi connectivity index (χ0n) is 9.83. The summed E-state index contributed by atoms with van der Waals surface area (Å²) in [6, 6.07) is 1.20. The van der Waals surface area contributed by atoms with Crippen LogP contribution in [0.5, 0.6) is 0 Å². The van der Waals surface area contributed by atoms with E-state index in [0.29, 0.717) is 12.1 Å². The van der Waals surface area contributed by atoms with Gasteiger partial charge >= 0.3 is 0 Å². The monoisotopic (exact) mass is 226 g/mol. The fourth-order valence-electron chi connectivity index (χ4n) is 2.20. The van der Waals surface area contributed by atoms with Crippen LogP contribution in [-0.4, -0.2) is 23.0 Å². The smallest absolute Gasteiger partial charge is 0.157 e. The lowest BCUT2D eigenvalue weighted by Crippen LogP contribution is -2.38. The van der Waals surface area contributed by atoms with Gasteiger partial charge in [0.25, 0.3) is 0 Å². The minimum absolute atomic E-state index is 0.498. The van der Waals surface area contributed by atoms with Crippen molar-refractivity contribution in [3.63, 3.8) is 0 Å². The Labute approximate surface area is 97.3 Å². The maximum Gasteiger partial charge on any atom is 0.157 e. The van der Waals surface area contributed by atoms with Crippen molar-refractivity contribution in [2.75, 3.05) is 5.75 Å². The molecule has 0 bridgehead atoms. The highest BCUT2D eigenvalue weighted by molar-refractivity contribution is 8.13. The largest absolute Gasteiger partial charge is 0.362 e. The Balaban J connectivity index is 1.85. The summed E-state index contributed by atoms with van der Waals surface area (Å²) >= 11 is 1.91. The standard InChI is InChI=1S/C12H22N2S/c1-9-8-15-12(13-10(9)2)14-11-6-4-3-5-7-11/h9-11H,3-8H2,1-2H3,(H,13,14). The summed E-state index contributed by atoms with van der Waals surface area (Å²) in [5.41, 5.74) is 0. The molecule has 2 aliphatic rings. The van der Waals surface area contributed by atoms with E-state index in [9.17, 15) is 0 Å². The van der Waals surface area contributed by atoms with Crippen LogP contribution < -0.4 is 5.32 Å². The highest BCUT2D eigenvalue weighted by Gasteiger charge is 2.21. The molecule has 1 saturated carbocycles. The Hall–Kier alpha value is -0.180. The summed E-state index contributed by atoms with van der Waals surface area (Å²) in [6.45, 7) is 4.52. The molecule has 2 rings (SSSR count). The third-order valence-corrected chi connectivity index (χ3v) is 4.75. The van der Waals surface area contributed by atoms with Crippen LogP contribution in [0, 0.1) is 5.92 Å². The topological polar surface area (TPSA) is 24.4 Å². The predicted molar refractivity (Wildman–Crippen MR) is 68.5 cm³/mol. The molecule has 15 heavy (non-hydrogen) atoms. The third-order valence-electron chi connectivity index (χ3n) is 3.56. The van der Waals surface area contributed by atoms with E-state index < -0.39 is 0 Å². The number of nitrogens with one attached hydrogen (secondary N) is 1. The highest BCUT2D eigenvalue weighted by atomic mass is 32.2.